The Hall–Kier alpha value is -3.49. The Balaban J connectivity index is 1.42. The van der Waals surface area contributed by atoms with Crippen LogP contribution < -0.4 is 10.2 Å². The molecular weight excluding hydrogens is 471 g/mol. The van der Waals surface area contributed by atoms with E-state index in [-0.39, 0.29) is 23.5 Å². The lowest BCUT2D eigenvalue weighted by atomic mass is 9.83. The smallest absolute Gasteiger partial charge is 0.269 e. The molecule has 1 amide bonds. The van der Waals surface area contributed by atoms with E-state index in [0.29, 0.717) is 30.2 Å². The van der Waals surface area contributed by atoms with Gasteiger partial charge in [0.15, 0.2) is 0 Å². The second-order valence-electron chi connectivity index (χ2n) is 9.00. The van der Waals surface area contributed by atoms with Crippen molar-refractivity contribution in [2.75, 3.05) is 29.9 Å². The molecule has 2 aliphatic heterocycles. The molecule has 2 heterocycles. The Morgan fingerprint density at radius 2 is 1.83 bits per heavy atom. The molecule has 1 saturated heterocycles. The molecule has 1 N–H and O–H groups in total. The number of nitro benzene ring substituents is 1. The molecule has 2 unspecified atom stereocenters. The maximum absolute atomic E-state index is 13.4. The van der Waals surface area contributed by atoms with Crippen molar-refractivity contribution in [1.82, 2.24) is 4.90 Å². The molecule has 2 atom stereocenters. The highest BCUT2D eigenvalue weighted by molar-refractivity contribution is 6.30. The third-order valence-corrected chi connectivity index (χ3v) is 7.01. The molecule has 180 valence electrons. The number of hydrogen-bond acceptors (Lipinski definition) is 5. The van der Waals surface area contributed by atoms with Crippen molar-refractivity contribution in [3.05, 3.63) is 98.8 Å². The number of nitro groups is 1. The second kappa shape index (κ2) is 9.64. The number of fused-ring (bicyclic) bond motifs is 3. The standard InChI is InChI=1S/C26H24ClFN4O3/c27-19-3-1-17(2-4-19)15-30-11-12-31-24-10-9-22(32(34)35)13-18(24)14-23(25(31)16-30)26(33)29-21-7-5-20(28)6-8-21/h1-10,13,23,25H,11-12,14-16H2,(H,29,33). The second-order valence-corrected chi connectivity index (χ2v) is 9.44. The normalized spacial score (nSPS) is 19.5. The van der Waals surface area contributed by atoms with Gasteiger partial charge in [0.1, 0.15) is 5.82 Å². The topological polar surface area (TPSA) is 78.7 Å². The van der Waals surface area contributed by atoms with Crippen molar-refractivity contribution in [3.63, 3.8) is 0 Å². The lowest BCUT2D eigenvalue weighted by Gasteiger charge is -2.49. The number of carbonyl (C=O) groups excluding carboxylic acids is 1. The van der Waals surface area contributed by atoms with Gasteiger partial charge in [0.25, 0.3) is 5.69 Å². The predicted octanol–water partition coefficient (Wildman–Crippen LogP) is 4.89. The van der Waals surface area contributed by atoms with E-state index in [1.807, 2.05) is 24.3 Å². The molecule has 3 aromatic rings. The Bertz CT molecular complexity index is 1250. The zero-order valence-electron chi connectivity index (χ0n) is 18.9. The van der Waals surface area contributed by atoms with Gasteiger partial charge < -0.3 is 10.2 Å². The predicted molar refractivity (Wildman–Crippen MR) is 133 cm³/mol. The van der Waals surface area contributed by atoms with Gasteiger partial charge in [-0.1, -0.05) is 23.7 Å². The molecule has 7 nitrogen and oxygen atoms in total. The minimum absolute atomic E-state index is 0.0151. The lowest BCUT2D eigenvalue weighted by Crippen LogP contribution is -2.60. The maximum Gasteiger partial charge on any atom is 0.269 e. The number of halogens is 2. The van der Waals surface area contributed by atoms with Gasteiger partial charge >= 0.3 is 0 Å². The number of hydrogen-bond donors (Lipinski definition) is 1. The maximum atomic E-state index is 13.4. The Kier molecular flexibility index (Phi) is 6.40. The third-order valence-electron chi connectivity index (χ3n) is 6.76. The molecule has 35 heavy (non-hydrogen) atoms. The van der Waals surface area contributed by atoms with Crippen LogP contribution in [0.1, 0.15) is 11.1 Å². The van der Waals surface area contributed by atoms with Crippen molar-refractivity contribution in [2.24, 2.45) is 5.92 Å². The Morgan fingerprint density at radius 3 is 2.54 bits per heavy atom. The zero-order valence-corrected chi connectivity index (χ0v) is 19.6. The van der Waals surface area contributed by atoms with Gasteiger partial charge in [0.2, 0.25) is 5.91 Å². The van der Waals surface area contributed by atoms with Gasteiger partial charge in [-0.05, 0) is 60.0 Å². The van der Waals surface area contributed by atoms with E-state index in [1.54, 1.807) is 12.1 Å². The van der Waals surface area contributed by atoms with Crippen molar-refractivity contribution in [3.8, 4) is 0 Å². The molecule has 2 aliphatic rings. The minimum Gasteiger partial charge on any atom is -0.365 e. The summed E-state index contributed by atoms with van der Waals surface area (Å²) in [6, 6.07) is 18.2. The van der Waals surface area contributed by atoms with Crippen LogP contribution in [0.25, 0.3) is 0 Å². The fourth-order valence-electron chi connectivity index (χ4n) is 5.04. The van der Waals surface area contributed by atoms with Crippen molar-refractivity contribution >= 4 is 34.6 Å². The first-order valence-electron chi connectivity index (χ1n) is 11.4. The average molecular weight is 495 g/mol. The third kappa shape index (κ3) is 4.99. The molecule has 0 spiro atoms. The largest absolute Gasteiger partial charge is 0.365 e. The molecule has 0 aromatic heterocycles. The summed E-state index contributed by atoms with van der Waals surface area (Å²) in [5, 5.41) is 15.0. The van der Waals surface area contributed by atoms with Crippen LogP contribution in [-0.4, -0.2) is 41.4 Å². The number of carbonyl (C=O) groups is 1. The molecule has 5 rings (SSSR count). The van der Waals surface area contributed by atoms with Gasteiger partial charge in [0.05, 0.1) is 16.9 Å². The monoisotopic (exact) mass is 494 g/mol. The van der Waals surface area contributed by atoms with Crippen LogP contribution in [0.5, 0.6) is 0 Å². The summed E-state index contributed by atoms with van der Waals surface area (Å²) in [6.07, 6.45) is 0.389. The van der Waals surface area contributed by atoms with Gasteiger partial charge in [-0.2, -0.15) is 0 Å². The molecule has 3 aromatic carbocycles. The highest BCUT2D eigenvalue weighted by Crippen LogP contribution is 2.38. The highest BCUT2D eigenvalue weighted by atomic mass is 35.5. The number of rotatable bonds is 5. The summed E-state index contributed by atoms with van der Waals surface area (Å²) < 4.78 is 13.3. The molecule has 0 radical (unpaired) electrons. The van der Waals surface area contributed by atoms with E-state index < -0.39 is 10.8 Å². The fraction of sp³-hybridized carbons (Fsp3) is 0.269. The molecule has 0 aliphatic carbocycles. The number of anilines is 2. The molecule has 0 saturated carbocycles. The van der Waals surface area contributed by atoms with Gasteiger partial charge in [0, 0.05) is 54.7 Å². The van der Waals surface area contributed by atoms with E-state index in [4.69, 9.17) is 11.6 Å². The van der Waals surface area contributed by atoms with E-state index in [2.05, 4.69) is 15.1 Å². The van der Waals surface area contributed by atoms with Gasteiger partial charge in [-0.25, -0.2) is 4.39 Å². The van der Waals surface area contributed by atoms with Gasteiger partial charge in [-0.15, -0.1) is 0 Å². The number of amides is 1. The van der Waals surface area contributed by atoms with Crippen LogP contribution in [0.4, 0.5) is 21.5 Å². The molecule has 0 bridgehead atoms. The van der Waals surface area contributed by atoms with Crippen LogP contribution >= 0.6 is 11.6 Å². The first-order valence-corrected chi connectivity index (χ1v) is 11.8. The van der Waals surface area contributed by atoms with Crippen molar-refractivity contribution < 1.29 is 14.1 Å². The Labute approximate surface area is 207 Å². The molecular formula is C26H24ClFN4O3. The summed E-state index contributed by atoms with van der Waals surface area (Å²) >= 11 is 6.03. The first kappa shape index (κ1) is 23.3. The Morgan fingerprint density at radius 1 is 1.09 bits per heavy atom. The zero-order chi connectivity index (χ0) is 24.5. The summed E-state index contributed by atoms with van der Waals surface area (Å²) in [5.41, 5.74) is 3.41. The van der Waals surface area contributed by atoms with Crippen LogP contribution in [0.2, 0.25) is 5.02 Å². The minimum atomic E-state index is -0.428. The average Bonchev–Trinajstić information content (AvgIpc) is 2.85. The summed E-state index contributed by atoms with van der Waals surface area (Å²) in [6.45, 7) is 2.90. The summed E-state index contributed by atoms with van der Waals surface area (Å²) in [7, 11) is 0. The van der Waals surface area contributed by atoms with Crippen LogP contribution in [0.15, 0.2) is 66.7 Å². The number of benzene rings is 3. The highest BCUT2D eigenvalue weighted by Gasteiger charge is 2.42. The van der Waals surface area contributed by atoms with Crippen LogP contribution in [-0.2, 0) is 17.8 Å². The van der Waals surface area contributed by atoms with Crippen molar-refractivity contribution in [1.29, 1.82) is 0 Å². The van der Waals surface area contributed by atoms with Crippen LogP contribution in [0.3, 0.4) is 0 Å². The summed E-state index contributed by atoms with van der Waals surface area (Å²) in [5.74, 6) is -0.988. The first-order chi connectivity index (χ1) is 16.9. The van der Waals surface area contributed by atoms with Crippen LogP contribution in [0, 0.1) is 21.8 Å². The SMILES string of the molecule is O=C(Nc1ccc(F)cc1)C1Cc2cc([N+](=O)[O-])ccc2N2CCN(Cc3ccc(Cl)cc3)CC12. The number of non-ortho nitro benzene ring substituents is 1. The number of nitrogens with zero attached hydrogens (tertiary/aromatic N) is 3. The van der Waals surface area contributed by atoms with E-state index in [9.17, 15) is 19.3 Å². The van der Waals surface area contributed by atoms with E-state index in [0.717, 1.165) is 29.9 Å². The molecule has 1 fully saturated rings. The van der Waals surface area contributed by atoms with Crippen molar-refractivity contribution in [2.45, 2.75) is 19.0 Å². The summed E-state index contributed by atoms with van der Waals surface area (Å²) in [4.78, 5) is 28.9. The van der Waals surface area contributed by atoms with E-state index in [1.165, 1.54) is 30.3 Å². The lowest BCUT2D eigenvalue weighted by molar-refractivity contribution is -0.384. The fourth-order valence-corrected chi connectivity index (χ4v) is 5.17. The van der Waals surface area contributed by atoms with E-state index >= 15 is 0 Å². The number of nitrogens with one attached hydrogen (secondary N) is 1. The quantitative estimate of drug-likeness (QED) is 0.403. The molecule has 9 heteroatoms. The van der Waals surface area contributed by atoms with Gasteiger partial charge in [-0.3, -0.25) is 19.8 Å². The number of piperazine rings is 1.